The van der Waals surface area contributed by atoms with Crippen LogP contribution in [0.4, 0.5) is 0 Å². The monoisotopic (exact) mass is 227 g/mol. The molecule has 96 valence electrons. The number of hydrogen-bond acceptors (Lipinski definition) is 2. The van der Waals surface area contributed by atoms with Gasteiger partial charge >= 0.3 is 0 Å². The molecular weight excluding hydrogens is 198 g/mol. The molecule has 0 saturated carbocycles. The summed E-state index contributed by atoms with van der Waals surface area (Å²) < 4.78 is 4.25. The van der Waals surface area contributed by atoms with Crippen LogP contribution in [0.1, 0.15) is 40.5 Å². The molecule has 1 rings (SSSR count). The zero-order valence-corrected chi connectivity index (χ0v) is 12.1. The second-order valence-corrected chi connectivity index (χ2v) is 3.58. The van der Waals surface area contributed by atoms with Gasteiger partial charge in [0.2, 0.25) is 0 Å². The third-order valence-electron chi connectivity index (χ3n) is 2.20. The van der Waals surface area contributed by atoms with E-state index in [1.807, 2.05) is 13.8 Å². The molecule has 0 spiro atoms. The van der Waals surface area contributed by atoms with E-state index in [9.17, 15) is 0 Å². The third kappa shape index (κ3) is 8.54. The van der Waals surface area contributed by atoms with Crippen LogP contribution >= 0.6 is 0 Å². The molecule has 0 fully saturated rings. The van der Waals surface area contributed by atoms with Gasteiger partial charge in [-0.15, -0.1) is 0 Å². The number of allylic oxidation sites excluding steroid dienone is 3. The maximum atomic E-state index is 4.25. The van der Waals surface area contributed by atoms with Crippen LogP contribution in [-0.2, 0) is 4.74 Å². The Hall–Kier alpha value is -0.760. The molecule has 0 aromatic heterocycles. The van der Waals surface area contributed by atoms with Gasteiger partial charge in [0, 0.05) is 33.5 Å². The van der Waals surface area contributed by atoms with Crippen molar-refractivity contribution in [2.75, 3.05) is 27.8 Å². The predicted octanol–water partition coefficient (Wildman–Crippen LogP) is 3.85. The van der Waals surface area contributed by atoms with E-state index in [-0.39, 0.29) is 0 Å². The molecule has 0 aliphatic heterocycles. The van der Waals surface area contributed by atoms with E-state index in [1.165, 1.54) is 24.1 Å². The molecule has 0 atom stereocenters. The first-order chi connectivity index (χ1) is 7.65. The number of likely N-dealkylation sites (N-methyl/N-ethyl adjacent to an activating group) is 1. The van der Waals surface area contributed by atoms with Crippen LogP contribution in [0, 0.1) is 0 Å². The lowest BCUT2D eigenvalue weighted by molar-refractivity contribution is 0.277. The van der Waals surface area contributed by atoms with Gasteiger partial charge in [-0.25, -0.2) is 0 Å². The lowest BCUT2D eigenvalue weighted by atomic mass is 10.0. The second kappa shape index (κ2) is 12.3. The fourth-order valence-electron chi connectivity index (χ4n) is 1.28. The summed E-state index contributed by atoms with van der Waals surface area (Å²) in [7, 11) is 5.39. The van der Waals surface area contributed by atoms with Gasteiger partial charge in [-0.2, -0.15) is 0 Å². The molecule has 16 heavy (non-hydrogen) atoms. The second-order valence-electron chi connectivity index (χ2n) is 3.58. The zero-order valence-electron chi connectivity index (χ0n) is 12.1. The van der Waals surface area contributed by atoms with Crippen molar-refractivity contribution in [2.24, 2.45) is 0 Å². The molecule has 0 unspecified atom stereocenters. The molecule has 0 bridgehead atoms. The van der Waals surface area contributed by atoms with E-state index in [2.05, 4.69) is 42.7 Å². The van der Waals surface area contributed by atoms with Crippen molar-refractivity contribution in [1.82, 2.24) is 4.90 Å². The fraction of sp³-hybridized carbons (Fsp3) is 0.714. The van der Waals surface area contributed by atoms with Gasteiger partial charge in [0.1, 0.15) is 0 Å². The summed E-state index contributed by atoms with van der Waals surface area (Å²) in [5, 5.41) is 0. The fourth-order valence-corrected chi connectivity index (χ4v) is 1.28. The Labute approximate surface area is 102 Å². The van der Waals surface area contributed by atoms with Crippen molar-refractivity contribution in [2.45, 2.75) is 40.5 Å². The minimum Gasteiger partial charge on any atom is -0.388 e. The van der Waals surface area contributed by atoms with Crippen LogP contribution in [0.3, 0.4) is 0 Å². The molecule has 0 heterocycles. The average Bonchev–Trinajstić information content (AvgIpc) is 2.32. The van der Waals surface area contributed by atoms with Crippen LogP contribution in [0.25, 0.3) is 0 Å². The van der Waals surface area contributed by atoms with Crippen molar-refractivity contribution in [3.05, 3.63) is 23.4 Å². The van der Waals surface area contributed by atoms with Gasteiger partial charge in [-0.3, -0.25) is 0 Å². The SMILES string of the molecule is CC.CCN(C)C1=CCCC(C)=C1.COC. The number of methoxy groups -OCH3 is 1. The first kappa shape index (κ1) is 17.6. The number of ether oxygens (including phenoxy) is 1. The number of nitrogens with zero attached hydrogens (tertiary/aromatic N) is 1. The standard InChI is InChI=1S/C10H17N.C2H6O.C2H6/c1-4-11(3)10-7-5-6-9(2)8-10;1-3-2;1-2/h7-8H,4-6H2,1-3H3;1-2H3;1-2H3. The Balaban J connectivity index is 0. The van der Waals surface area contributed by atoms with Gasteiger partial charge in [0.25, 0.3) is 0 Å². The Morgan fingerprint density at radius 1 is 1.31 bits per heavy atom. The largest absolute Gasteiger partial charge is 0.388 e. The normalized spacial score (nSPS) is 13.4. The molecular formula is C14H29NO. The van der Waals surface area contributed by atoms with Crippen molar-refractivity contribution in [3.8, 4) is 0 Å². The highest BCUT2D eigenvalue weighted by molar-refractivity contribution is 5.25. The summed E-state index contributed by atoms with van der Waals surface area (Å²) in [5.41, 5.74) is 2.89. The van der Waals surface area contributed by atoms with E-state index in [1.54, 1.807) is 14.2 Å². The van der Waals surface area contributed by atoms with Crippen LogP contribution in [-0.4, -0.2) is 32.7 Å². The molecule has 0 amide bonds. The zero-order chi connectivity index (χ0) is 13.0. The molecule has 0 saturated heterocycles. The highest BCUT2D eigenvalue weighted by atomic mass is 16.4. The van der Waals surface area contributed by atoms with Crippen LogP contribution in [0.15, 0.2) is 23.4 Å². The Bertz CT molecular complexity index is 207. The molecule has 0 aromatic rings. The quantitative estimate of drug-likeness (QED) is 0.710. The molecule has 0 aromatic carbocycles. The van der Waals surface area contributed by atoms with Crippen molar-refractivity contribution >= 4 is 0 Å². The van der Waals surface area contributed by atoms with E-state index < -0.39 is 0 Å². The van der Waals surface area contributed by atoms with Gasteiger partial charge in [0.05, 0.1) is 0 Å². The van der Waals surface area contributed by atoms with E-state index in [0.29, 0.717) is 0 Å². The van der Waals surface area contributed by atoms with Crippen LogP contribution < -0.4 is 0 Å². The Morgan fingerprint density at radius 2 is 1.81 bits per heavy atom. The molecule has 1 aliphatic rings. The molecule has 0 radical (unpaired) electrons. The number of rotatable bonds is 2. The Kier molecular flexibility index (Phi) is 13.6. The predicted molar refractivity (Wildman–Crippen MR) is 73.7 cm³/mol. The summed E-state index contributed by atoms with van der Waals surface area (Å²) in [6.45, 7) is 9.48. The van der Waals surface area contributed by atoms with Crippen molar-refractivity contribution in [1.29, 1.82) is 0 Å². The average molecular weight is 227 g/mol. The van der Waals surface area contributed by atoms with E-state index >= 15 is 0 Å². The summed E-state index contributed by atoms with van der Waals surface area (Å²) in [4.78, 5) is 2.28. The summed E-state index contributed by atoms with van der Waals surface area (Å²) >= 11 is 0. The van der Waals surface area contributed by atoms with Gasteiger partial charge in [-0.1, -0.05) is 25.5 Å². The summed E-state index contributed by atoms with van der Waals surface area (Å²) in [6.07, 6.45) is 7.05. The maximum Gasteiger partial charge on any atom is 0.0351 e. The third-order valence-corrected chi connectivity index (χ3v) is 2.20. The lowest BCUT2D eigenvalue weighted by Crippen LogP contribution is -2.16. The minimum absolute atomic E-state index is 1.09. The van der Waals surface area contributed by atoms with Gasteiger partial charge < -0.3 is 9.64 Å². The van der Waals surface area contributed by atoms with E-state index in [4.69, 9.17) is 0 Å². The highest BCUT2D eigenvalue weighted by Crippen LogP contribution is 2.17. The Morgan fingerprint density at radius 3 is 2.19 bits per heavy atom. The van der Waals surface area contributed by atoms with Gasteiger partial charge in [-0.05, 0) is 32.8 Å². The van der Waals surface area contributed by atoms with Gasteiger partial charge in [0.15, 0.2) is 0 Å². The first-order valence-electron chi connectivity index (χ1n) is 6.14. The molecule has 1 aliphatic carbocycles. The lowest BCUT2D eigenvalue weighted by Gasteiger charge is -2.21. The summed E-state index contributed by atoms with van der Waals surface area (Å²) in [5.74, 6) is 0. The maximum absolute atomic E-state index is 4.25. The molecule has 2 nitrogen and oxygen atoms in total. The van der Waals surface area contributed by atoms with Crippen molar-refractivity contribution in [3.63, 3.8) is 0 Å². The van der Waals surface area contributed by atoms with Crippen LogP contribution in [0.5, 0.6) is 0 Å². The number of hydrogen-bond donors (Lipinski definition) is 0. The van der Waals surface area contributed by atoms with Crippen molar-refractivity contribution < 1.29 is 4.74 Å². The highest BCUT2D eigenvalue weighted by Gasteiger charge is 2.03. The topological polar surface area (TPSA) is 12.5 Å². The molecule has 0 N–H and O–H groups in total. The smallest absolute Gasteiger partial charge is 0.0351 e. The summed E-state index contributed by atoms with van der Waals surface area (Å²) in [6, 6.07) is 0. The van der Waals surface area contributed by atoms with E-state index in [0.717, 1.165) is 6.54 Å². The van der Waals surface area contributed by atoms with Crippen LogP contribution in [0.2, 0.25) is 0 Å². The molecule has 2 heteroatoms. The minimum atomic E-state index is 1.09. The first-order valence-corrected chi connectivity index (χ1v) is 6.14.